The number of hydrogen-bond acceptors (Lipinski definition) is 5. The van der Waals surface area contributed by atoms with Crippen LogP contribution < -0.4 is 4.90 Å². The normalized spacial score (nSPS) is 18.9. The number of carboxylic acid groups (broad SMARTS) is 1. The standard InChI is InChI=1S/C12H18N2O2S2/c1-12(2)8-14(5-6-18-12)11-13-9(7-17-11)3-4-10(15)16/h7H,3-6,8H2,1-2H3,(H,15,16). The number of aromatic nitrogens is 1. The summed E-state index contributed by atoms with van der Waals surface area (Å²) in [5.74, 6) is 0.358. The number of carboxylic acids is 1. The molecule has 4 nitrogen and oxygen atoms in total. The van der Waals surface area contributed by atoms with E-state index < -0.39 is 5.97 Å². The van der Waals surface area contributed by atoms with Gasteiger partial charge in [0.05, 0.1) is 12.1 Å². The molecule has 1 saturated heterocycles. The molecule has 6 heteroatoms. The molecule has 0 bridgehead atoms. The molecular weight excluding hydrogens is 268 g/mol. The van der Waals surface area contributed by atoms with E-state index in [9.17, 15) is 4.79 Å². The van der Waals surface area contributed by atoms with Gasteiger partial charge in [-0.15, -0.1) is 11.3 Å². The van der Waals surface area contributed by atoms with Gasteiger partial charge in [-0.1, -0.05) is 0 Å². The molecule has 0 spiro atoms. The Balaban J connectivity index is 1.99. The summed E-state index contributed by atoms with van der Waals surface area (Å²) in [5, 5.41) is 11.7. The molecule has 0 radical (unpaired) electrons. The average molecular weight is 286 g/mol. The van der Waals surface area contributed by atoms with Gasteiger partial charge >= 0.3 is 5.97 Å². The van der Waals surface area contributed by atoms with Crippen LogP contribution in [-0.2, 0) is 11.2 Å². The SMILES string of the molecule is CC1(C)CN(c2nc(CCC(=O)O)cs2)CCS1. The van der Waals surface area contributed by atoms with Crippen LogP contribution in [0.5, 0.6) is 0 Å². The van der Waals surface area contributed by atoms with Gasteiger partial charge in [-0.2, -0.15) is 11.8 Å². The van der Waals surface area contributed by atoms with E-state index in [1.54, 1.807) is 11.3 Å². The van der Waals surface area contributed by atoms with Crippen LogP contribution in [0.15, 0.2) is 5.38 Å². The minimum absolute atomic E-state index is 0.157. The Morgan fingerprint density at radius 2 is 2.39 bits per heavy atom. The van der Waals surface area contributed by atoms with E-state index >= 15 is 0 Å². The maximum absolute atomic E-state index is 10.5. The molecule has 2 heterocycles. The number of rotatable bonds is 4. The Hall–Kier alpha value is -0.750. The molecule has 100 valence electrons. The third kappa shape index (κ3) is 3.62. The van der Waals surface area contributed by atoms with E-state index in [1.807, 2.05) is 17.1 Å². The number of aryl methyl sites for hydroxylation is 1. The second-order valence-corrected chi connectivity index (χ2v) is 7.68. The summed E-state index contributed by atoms with van der Waals surface area (Å²) in [7, 11) is 0. The Kier molecular flexibility index (Phi) is 4.17. The number of carbonyl (C=O) groups is 1. The van der Waals surface area contributed by atoms with Crippen molar-refractivity contribution in [1.29, 1.82) is 0 Å². The lowest BCUT2D eigenvalue weighted by Gasteiger charge is -2.37. The lowest BCUT2D eigenvalue weighted by molar-refractivity contribution is -0.136. The number of thioether (sulfide) groups is 1. The van der Waals surface area contributed by atoms with Crippen LogP contribution in [-0.4, -0.2) is 39.6 Å². The van der Waals surface area contributed by atoms with Crippen molar-refractivity contribution in [3.8, 4) is 0 Å². The van der Waals surface area contributed by atoms with E-state index in [-0.39, 0.29) is 11.2 Å². The molecule has 0 atom stereocenters. The van der Waals surface area contributed by atoms with Crippen LogP contribution in [0.2, 0.25) is 0 Å². The van der Waals surface area contributed by atoms with Crippen molar-refractivity contribution in [3.05, 3.63) is 11.1 Å². The Labute approximate surface area is 115 Å². The summed E-state index contributed by atoms with van der Waals surface area (Å²) < 4.78 is 0.269. The summed E-state index contributed by atoms with van der Waals surface area (Å²) in [4.78, 5) is 17.4. The number of hydrogen-bond donors (Lipinski definition) is 1. The first-order chi connectivity index (χ1) is 8.46. The second-order valence-electron chi connectivity index (χ2n) is 5.04. The molecule has 1 aliphatic heterocycles. The number of thiazole rings is 1. The van der Waals surface area contributed by atoms with Gasteiger partial charge in [0.15, 0.2) is 5.13 Å². The van der Waals surface area contributed by atoms with Crippen LogP contribution in [0.1, 0.15) is 26.0 Å². The average Bonchev–Trinajstić information content (AvgIpc) is 2.73. The predicted molar refractivity (Wildman–Crippen MR) is 76.8 cm³/mol. The van der Waals surface area contributed by atoms with Crippen molar-refractivity contribution in [2.24, 2.45) is 0 Å². The van der Waals surface area contributed by atoms with Crippen molar-refractivity contribution in [3.63, 3.8) is 0 Å². The van der Waals surface area contributed by atoms with Gasteiger partial charge in [-0.3, -0.25) is 4.79 Å². The molecule has 0 aliphatic carbocycles. The highest BCUT2D eigenvalue weighted by molar-refractivity contribution is 8.00. The molecule has 1 aromatic rings. The largest absolute Gasteiger partial charge is 0.481 e. The minimum atomic E-state index is -0.764. The number of anilines is 1. The second kappa shape index (κ2) is 5.48. The van der Waals surface area contributed by atoms with Crippen LogP contribution in [0, 0.1) is 0 Å². The first-order valence-corrected chi connectivity index (χ1v) is 7.88. The van der Waals surface area contributed by atoms with Gasteiger partial charge in [0, 0.05) is 35.4 Å². The van der Waals surface area contributed by atoms with E-state index in [2.05, 4.69) is 23.7 Å². The van der Waals surface area contributed by atoms with Gasteiger partial charge in [0.25, 0.3) is 0 Å². The molecule has 1 N–H and O–H groups in total. The maximum Gasteiger partial charge on any atom is 0.303 e. The summed E-state index contributed by atoms with van der Waals surface area (Å²) in [5.41, 5.74) is 0.897. The quantitative estimate of drug-likeness (QED) is 0.921. The lowest BCUT2D eigenvalue weighted by Crippen LogP contribution is -2.43. The lowest BCUT2D eigenvalue weighted by atomic mass is 10.2. The van der Waals surface area contributed by atoms with Crippen molar-refractivity contribution in [1.82, 2.24) is 4.98 Å². The van der Waals surface area contributed by atoms with E-state index in [0.717, 1.165) is 29.7 Å². The molecule has 0 aromatic carbocycles. The minimum Gasteiger partial charge on any atom is -0.481 e. The van der Waals surface area contributed by atoms with Gasteiger partial charge in [-0.05, 0) is 13.8 Å². The topological polar surface area (TPSA) is 53.4 Å². The zero-order valence-electron chi connectivity index (χ0n) is 10.7. The summed E-state index contributed by atoms with van der Waals surface area (Å²) in [6.45, 7) is 6.54. The van der Waals surface area contributed by atoms with Gasteiger partial charge < -0.3 is 10.0 Å². The third-order valence-electron chi connectivity index (χ3n) is 2.83. The van der Waals surface area contributed by atoms with Gasteiger partial charge in [0.1, 0.15) is 0 Å². The van der Waals surface area contributed by atoms with Gasteiger partial charge in [0.2, 0.25) is 0 Å². The van der Waals surface area contributed by atoms with Crippen LogP contribution in [0.25, 0.3) is 0 Å². The van der Waals surface area contributed by atoms with Crippen LogP contribution >= 0.6 is 23.1 Å². The van der Waals surface area contributed by atoms with Crippen molar-refractivity contribution < 1.29 is 9.90 Å². The van der Waals surface area contributed by atoms with E-state index in [1.165, 1.54) is 0 Å². The van der Waals surface area contributed by atoms with E-state index in [0.29, 0.717) is 6.42 Å². The Bertz CT molecular complexity index is 431. The third-order valence-corrected chi connectivity index (χ3v) is 5.08. The molecule has 18 heavy (non-hydrogen) atoms. The monoisotopic (exact) mass is 286 g/mol. The van der Waals surface area contributed by atoms with Crippen molar-refractivity contribution >= 4 is 34.2 Å². The predicted octanol–water partition coefficient (Wildman–Crippen LogP) is 2.49. The highest BCUT2D eigenvalue weighted by Gasteiger charge is 2.28. The number of aliphatic carboxylic acids is 1. The first kappa shape index (κ1) is 13.7. The zero-order valence-corrected chi connectivity index (χ0v) is 12.3. The summed E-state index contributed by atoms with van der Waals surface area (Å²) in [6.07, 6.45) is 0.683. The molecule has 1 fully saturated rings. The maximum atomic E-state index is 10.5. The fourth-order valence-corrected chi connectivity index (χ4v) is 3.97. The van der Waals surface area contributed by atoms with Crippen molar-refractivity contribution in [2.45, 2.75) is 31.4 Å². The Morgan fingerprint density at radius 1 is 1.61 bits per heavy atom. The Morgan fingerprint density at radius 3 is 3.06 bits per heavy atom. The van der Waals surface area contributed by atoms with E-state index in [4.69, 9.17) is 5.11 Å². The van der Waals surface area contributed by atoms with Crippen molar-refractivity contribution in [2.75, 3.05) is 23.7 Å². The molecule has 0 saturated carbocycles. The van der Waals surface area contributed by atoms with Crippen LogP contribution in [0.4, 0.5) is 5.13 Å². The zero-order chi connectivity index (χ0) is 13.2. The molecular formula is C12H18N2O2S2. The van der Waals surface area contributed by atoms with Gasteiger partial charge in [-0.25, -0.2) is 4.98 Å². The fourth-order valence-electron chi connectivity index (χ4n) is 1.97. The number of nitrogens with zero attached hydrogens (tertiary/aromatic N) is 2. The smallest absolute Gasteiger partial charge is 0.303 e. The highest BCUT2D eigenvalue weighted by atomic mass is 32.2. The molecule has 1 aromatic heterocycles. The molecule has 0 unspecified atom stereocenters. The highest BCUT2D eigenvalue weighted by Crippen LogP contribution is 2.33. The fraction of sp³-hybridized carbons (Fsp3) is 0.667. The summed E-state index contributed by atoms with van der Waals surface area (Å²) >= 11 is 3.62. The summed E-state index contributed by atoms with van der Waals surface area (Å²) in [6, 6.07) is 0. The van der Waals surface area contributed by atoms with Crippen LogP contribution in [0.3, 0.4) is 0 Å². The molecule has 2 rings (SSSR count). The molecule has 1 aliphatic rings. The molecule has 0 amide bonds. The first-order valence-electron chi connectivity index (χ1n) is 6.01.